The Balaban J connectivity index is 1.56. The molecular weight excluding hydrogens is 363 g/mol. The minimum Gasteiger partial charge on any atom is -0.406 e. The molecule has 0 spiro atoms. The van der Waals surface area contributed by atoms with Crippen LogP contribution in [-0.4, -0.2) is 30.3 Å². The van der Waals surface area contributed by atoms with Gasteiger partial charge in [0.05, 0.1) is 0 Å². The van der Waals surface area contributed by atoms with E-state index >= 15 is 0 Å². The van der Waals surface area contributed by atoms with Crippen LogP contribution in [0.4, 0.5) is 13.2 Å². The van der Waals surface area contributed by atoms with Crippen LogP contribution >= 0.6 is 11.3 Å². The zero-order valence-corrected chi connectivity index (χ0v) is 15.0. The molecule has 1 aliphatic rings. The van der Waals surface area contributed by atoms with Gasteiger partial charge < -0.3 is 9.64 Å². The molecule has 0 N–H and O–H groups in total. The van der Waals surface area contributed by atoms with Crippen molar-refractivity contribution >= 4 is 17.2 Å². The molecule has 0 atom stereocenters. The largest absolute Gasteiger partial charge is 0.573 e. The van der Waals surface area contributed by atoms with E-state index in [1.807, 2.05) is 17.0 Å². The fourth-order valence-electron chi connectivity index (χ4n) is 3.02. The van der Waals surface area contributed by atoms with E-state index in [1.54, 1.807) is 23.5 Å². The van der Waals surface area contributed by atoms with E-state index in [0.29, 0.717) is 12.8 Å². The highest BCUT2D eigenvalue weighted by Crippen LogP contribution is 2.31. The number of ether oxygens (including phenoxy) is 1. The van der Waals surface area contributed by atoms with Crippen LogP contribution in [0.25, 0.3) is 10.4 Å². The van der Waals surface area contributed by atoms with Gasteiger partial charge in [0.2, 0.25) is 5.91 Å². The van der Waals surface area contributed by atoms with Gasteiger partial charge in [-0.25, -0.2) is 0 Å². The molecule has 1 amide bonds. The number of carbonyl (C=O) groups excluding carboxylic acids is 1. The van der Waals surface area contributed by atoms with Crippen LogP contribution in [-0.2, 0) is 11.2 Å². The Morgan fingerprint density at radius 2 is 1.73 bits per heavy atom. The lowest BCUT2D eigenvalue weighted by molar-refractivity contribution is -0.274. The van der Waals surface area contributed by atoms with Crippen molar-refractivity contribution < 1.29 is 22.7 Å². The Labute approximate surface area is 154 Å². The summed E-state index contributed by atoms with van der Waals surface area (Å²) < 4.78 is 40.5. The number of hydrogen-bond donors (Lipinski definition) is 0. The third-order valence-electron chi connectivity index (χ3n) is 4.33. The number of amides is 1. The van der Waals surface area contributed by atoms with Crippen molar-refractivity contribution in [2.24, 2.45) is 0 Å². The van der Waals surface area contributed by atoms with Gasteiger partial charge in [0, 0.05) is 29.3 Å². The van der Waals surface area contributed by atoms with Gasteiger partial charge in [-0.15, -0.1) is 24.5 Å². The smallest absolute Gasteiger partial charge is 0.406 e. The number of alkyl halides is 3. The lowest BCUT2D eigenvalue weighted by atomic mass is 10.1. The van der Waals surface area contributed by atoms with Gasteiger partial charge in [-0.1, -0.05) is 0 Å². The summed E-state index contributed by atoms with van der Waals surface area (Å²) in [5, 5.41) is 0. The van der Waals surface area contributed by atoms with Crippen LogP contribution in [0.2, 0.25) is 0 Å². The Morgan fingerprint density at radius 1 is 1.04 bits per heavy atom. The molecule has 0 aliphatic carbocycles. The molecule has 2 aromatic rings. The lowest BCUT2D eigenvalue weighted by Gasteiger charge is -2.26. The highest BCUT2D eigenvalue weighted by Gasteiger charge is 2.31. The first-order chi connectivity index (χ1) is 12.4. The number of nitrogens with zero attached hydrogens (tertiary/aromatic N) is 1. The number of carbonyl (C=O) groups is 1. The summed E-state index contributed by atoms with van der Waals surface area (Å²) in [6.45, 7) is 1.72. The van der Waals surface area contributed by atoms with E-state index in [1.165, 1.54) is 18.6 Å². The van der Waals surface area contributed by atoms with Crippen LogP contribution in [0, 0.1) is 0 Å². The van der Waals surface area contributed by atoms with E-state index < -0.39 is 6.36 Å². The van der Waals surface area contributed by atoms with E-state index in [2.05, 4.69) is 4.74 Å². The van der Waals surface area contributed by atoms with Crippen molar-refractivity contribution in [3.05, 3.63) is 41.3 Å². The molecule has 3 nitrogen and oxygen atoms in total. The predicted octanol–water partition coefficient (Wildman–Crippen LogP) is 5.26. The molecule has 1 aromatic carbocycles. The molecule has 0 saturated carbocycles. The van der Waals surface area contributed by atoms with E-state index in [4.69, 9.17) is 0 Å². The normalized spacial score (nSPS) is 15.1. The van der Waals surface area contributed by atoms with Crippen molar-refractivity contribution in [2.75, 3.05) is 13.1 Å². The zero-order chi connectivity index (χ0) is 18.6. The molecule has 1 aliphatic heterocycles. The number of hydrogen-bond acceptors (Lipinski definition) is 3. The number of benzene rings is 1. The molecular formula is C19H20F3NO2S. The number of rotatable bonds is 5. The van der Waals surface area contributed by atoms with E-state index in [0.717, 1.165) is 41.2 Å². The number of likely N-dealkylation sites (tertiary alicyclic amines) is 1. The second kappa shape index (κ2) is 8.12. The Kier molecular flexibility index (Phi) is 5.86. The molecule has 140 valence electrons. The Bertz CT molecular complexity index is 734. The SMILES string of the molecule is O=C(CCc1ccc(-c2ccc(OC(F)(F)F)cc2)s1)N1CCCCC1. The van der Waals surface area contributed by atoms with Gasteiger partial charge in [0.25, 0.3) is 0 Å². The Morgan fingerprint density at radius 3 is 2.38 bits per heavy atom. The first-order valence-electron chi connectivity index (χ1n) is 8.63. The molecule has 0 unspecified atom stereocenters. The minimum atomic E-state index is -4.68. The topological polar surface area (TPSA) is 29.5 Å². The monoisotopic (exact) mass is 383 g/mol. The lowest BCUT2D eigenvalue weighted by Crippen LogP contribution is -2.35. The molecule has 1 saturated heterocycles. The minimum absolute atomic E-state index is 0.202. The highest BCUT2D eigenvalue weighted by atomic mass is 32.1. The summed E-state index contributed by atoms with van der Waals surface area (Å²) in [5.74, 6) is -0.0292. The first kappa shape index (κ1) is 18.8. The molecule has 3 rings (SSSR count). The average Bonchev–Trinajstić information content (AvgIpc) is 3.09. The molecule has 2 heterocycles. The van der Waals surface area contributed by atoms with Gasteiger partial charge in [-0.05, 0) is 67.6 Å². The zero-order valence-electron chi connectivity index (χ0n) is 14.2. The summed E-state index contributed by atoms with van der Waals surface area (Å²) in [4.78, 5) is 16.2. The van der Waals surface area contributed by atoms with Gasteiger partial charge in [-0.3, -0.25) is 4.79 Å². The van der Waals surface area contributed by atoms with Crippen molar-refractivity contribution in [2.45, 2.75) is 38.5 Å². The summed E-state index contributed by atoms with van der Waals surface area (Å²) in [5.41, 5.74) is 0.832. The third kappa shape index (κ3) is 5.24. The van der Waals surface area contributed by atoms with Crippen molar-refractivity contribution in [1.29, 1.82) is 0 Å². The standard InChI is InChI=1S/C19H20F3NO2S/c20-19(21,22)25-15-6-4-14(5-7-15)17-10-8-16(26-17)9-11-18(24)23-12-2-1-3-13-23/h4-8,10H,1-3,9,11-13H2. The first-order valence-corrected chi connectivity index (χ1v) is 9.45. The fourth-order valence-corrected chi connectivity index (χ4v) is 4.03. The Hall–Kier alpha value is -2.02. The number of thiophene rings is 1. The highest BCUT2D eigenvalue weighted by molar-refractivity contribution is 7.15. The second-order valence-corrected chi connectivity index (χ2v) is 7.45. The molecule has 0 bridgehead atoms. The third-order valence-corrected chi connectivity index (χ3v) is 5.52. The van der Waals surface area contributed by atoms with Gasteiger partial charge in [-0.2, -0.15) is 0 Å². The maximum Gasteiger partial charge on any atom is 0.573 e. The predicted molar refractivity (Wildman–Crippen MR) is 95.2 cm³/mol. The summed E-state index contributed by atoms with van der Waals surface area (Å²) >= 11 is 1.56. The molecule has 0 radical (unpaired) electrons. The summed E-state index contributed by atoms with van der Waals surface area (Å²) in [6.07, 6.45) is -0.122. The molecule has 1 fully saturated rings. The summed E-state index contributed by atoms with van der Waals surface area (Å²) in [6, 6.07) is 9.74. The van der Waals surface area contributed by atoms with Crippen molar-refractivity contribution in [1.82, 2.24) is 4.90 Å². The van der Waals surface area contributed by atoms with Crippen LogP contribution in [0.1, 0.15) is 30.6 Å². The quantitative estimate of drug-likeness (QED) is 0.705. The van der Waals surface area contributed by atoms with E-state index in [-0.39, 0.29) is 11.7 Å². The maximum absolute atomic E-state index is 12.2. The van der Waals surface area contributed by atoms with Gasteiger partial charge in [0.15, 0.2) is 0 Å². The number of piperidine rings is 1. The summed E-state index contributed by atoms with van der Waals surface area (Å²) in [7, 11) is 0. The molecule has 1 aromatic heterocycles. The van der Waals surface area contributed by atoms with Crippen LogP contribution in [0.15, 0.2) is 36.4 Å². The van der Waals surface area contributed by atoms with Crippen LogP contribution in [0.5, 0.6) is 5.75 Å². The van der Waals surface area contributed by atoms with Gasteiger partial charge in [0.1, 0.15) is 5.75 Å². The molecule has 7 heteroatoms. The van der Waals surface area contributed by atoms with E-state index in [9.17, 15) is 18.0 Å². The van der Waals surface area contributed by atoms with Crippen molar-refractivity contribution in [3.8, 4) is 16.2 Å². The molecule has 26 heavy (non-hydrogen) atoms. The number of aryl methyl sites for hydroxylation is 1. The number of halogens is 3. The average molecular weight is 383 g/mol. The second-order valence-electron chi connectivity index (χ2n) is 6.28. The maximum atomic E-state index is 12.2. The van der Waals surface area contributed by atoms with Crippen molar-refractivity contribution in [3.63, 3.8) is 0 Å². The van der Waals surface area contributed by atoms with Gasteiger partial charge >= 0.3 is 6.36 Å². The van der Waals surface area contributed by atoms with Crippen LogP contribution in [0.3, 0.4) is 0 Å². The van der Waals surface area contributed by atoms with Crippen LogP contribution < -0.4 is 4.74 Å². The fraction of sp³-hybridized carbons (Fsp3) is 0.421.